The predicted octanol–water partition coefficient (Wildman–Crippen LogP) is 1.89. The highest BCUT2D eigenvalue weighted by molar-refractivity contribution is 4.62. The Labute approximate surface area is 64.1 Å². The number of nitrogens with zero attached hydrogens (tertiary/aromatic N) is 1. The predicted molar refractivity (Wildman–Crippen MR) is 44.0 cm³/mol. The van der Waals surface area contributed by atoms with E-state index in [0.29, 0.717) is 12.1 Å². The van der Waals surface area contributed by atoms with Crippen molar-refractivity contribution in [1.82, 2.24) is 5.06 Å². The van der Waals surface area contributed by atoms with Crippen molar-refractivity contribution < 1.29 is 4.84 Å². The highest BCUT2D eigenvalue weighted by Gasteiger charge is 2.25. The van der Waals surface area contributed by atoms with Crippen molar-refractivity contribution in [1.29, 1.82) is 0 Å². The van der Waals surface area contributed by atoms with E-state index in [0.717, 1.165) is 6.61 Å². The Kier molecular flexibility index (Phi) is 4.65. The number of rotatable bonds is 4. The number of hydroxylamine groups is 2. The van der Waals surface area contributed by atoms with E-state index in [9.17, 15) is 0 Å². The van der Waals surface area contributed by atoms with E-state index >= 15 is 0 Å². The highest BCUT2D eigenvalue weighted by atomic mass is 16.7. The molecule has 0 aromatic rings. The highest BCUT2D eigenvalue weighted by Crippen LogP contribution is 2.00. The summed E-state index contributed by atoms with van der Waals surface area (Å²) in [5, 5.41) is 2.01. The molecule has 0 aromatic carbocycles. The molecule has 0 amide bonds. The van der Waals surface area contributed by atoms with Gasteiger partial charge >= 0.3 is 0 Å². The van der Waals surface area contributed by atoms with Crippen LogP contribution in [0.3, 0.4) is 0 Å². The Bertz CT molecular complexity index is 73.3. The third-order valence-corrected chi connectivity index (χ3v) is 1.30. The van der Waals surface area contributed by atoms with Crippen LogP contribution in [0.5, 0.6) is 0 Å². The van der Waals surface area contributed by atoms with Gasteiger partial charge in [0.15, 0.2) is 12.1 Å². The van der Waals surface area contributed by atoms with Gasteiger partial charge in [-0.3, -0.25) is 0 Å². The Morgan fingerprint density at radius 2 is 1.50 bits per heavy atom. The Morgan fingerprint density at radius 3 is 1.60 bits per heavy atom. The SMILES string of the molecule is CCO[N+](C(C)C)C(C)C. The third-order valence-electron chi connectivity index (χ3n) is 1.30. The van der Waals surface area contributed by atoms with E-state index in [2.05, 4.69) is 27.7 Å². The van der Waals surface area contributed by atoms with Gasteiger partial charge in [0.2, 0.25) is 0 Å². The monoisotopic (exact) mass is 145 g/mol. The molecule has 0 rings (SSSR count). The molecule has 0 fully saturated rings. The normalized spacial score (nSPS) is 12.0. The molecule has 1 radical (unpaired) electrons. The van der Waals surface area contributed by atoms with Crippen LogP contribution in [0.25, 0.3) is 0 Å². The van der Waals surface area contributed by atoms with Gasteiger partial charge in [-0.25, -0.2) is 0 Å². The fourth-order valence-corrected chi connectivity index (χ4v) is 1.04. The minimum Gasteiger partial charge on any atom is -0.149 e. The molecule has 0 saturated carbocycles. The fourth-order valence-electron chi connectivity index (χ4n) is 1.04. The molecule has 0 unspecified atom stereocenters. The van der Waals surface area contributed by atoms with E-state index in [1.54, 1.807) is 0 Å². The Balaban J connectivity index is 3.73. The molecular weight excluding hydrogens is 126 g/mol. The van der Waals surface area contributed by atoms with Crippen molar-refractivity contribution >= 4 is 0 Å². The molecule has 0 saturated heterocycles. The first kappa shape index (κ1) is 9.92. The van der Waals surface area contributed by atoms with Crippen LogP contribution >= 0.6 is 0 Å². The molecule has 10 heavy (non-hydrogen) atoms. The zero-order chi connectivity index (χ0) is 8.15. The van der Waals surface area contributed by atoms with Gasteiger partial charge in [-0.05, 0) is 39.7 Å². The van der Waals surface area contributed by atoms with Crippen LogP contribution in [0.15, 0.2) is 0 Å². The molecule has 61 valence electrons. The van der Waals surface area contributed by atoms with Gasteiger partial charge in [0, 0.05) is 0 Å². The smallest absolute Gasteiger partial charge is 0.149 e. The molecule has 0 aliphatic heterocycles. The molecule has 0 N–H and O–H groups in total. The summed E-state index contributed by atoms with van der Waals surface area (Å²) in [4.78, 5) is 5.40. The first-order chi connectivity index (χ1) is 4.59. The maximum Gasteiger partial charge on any atom is 0.164 e. The molecule has 0 aliphatic carbocycles. The van der Waals surface area contributed by atoms with E-state index < -0.39 is 0 Å². The van der Waals surface area contributed by atoms with Crippen molar-refractivity contribution in [3.8, 4) is 0 Å². The number of hydrogen-bond donors (Lipinski definition) is 0. The largest absolute Gasteiger partial charge is 0.164 e. The molecule has 0 atom stereocenters. The molecular formula is C8H19NO+. The first-order valence-corrected chi connectivity index (χ1v) is 4.00. The van der Waals surface area contributed by atoms with E-state index in [1.807, 2.05) is 12.0 Å². The van der Waals surface area contributed by atoms with Crippen molar-refractivity contribution in [2.75, 3.05) is 6.61 Å². The summed E-state index contributed by atoms with van der Waals surface area (Å²) >= 11 is 0. The summed E-state index contributed by atoms with van der Waals surface area (Å²) in [5.74, 6) is 0. The van der Waals surface area contributed by atoms with Gasteiger partial charge in [0.25, 0.3) is 0 Å². The van der Waals surface area contributed by atoms with Gasteiger partial charge in [0.05, 0.1) is 0 Å². The molecule has 2 nitrogen and oxygen atoms in total. The quantitative estimate of drug-likeness (QED) is 0.435. The van der Waals surface area contributed by atoms with Crippen LogP contribution in [0, 0.1) is 0 Å². The molecule has 0 heterocycles. The summed E-state index contributed by atoms with van der Waals surface area (Å²) in [5.41, 5.74) is 0. The van der Waals surface area contributed by atoms with Crippen LogP contribution in [0.1, 0.15) is 34.6 Å². The minimum absolute atomic E-state index is 0.472. The maximum atomic E-state index is 5.40. The fraction of sp³-hybridized carbons (Fsp3) is 1.00. The Hall–Kier alpha value is -0.0800. The first-order valence-electron chi connectivity index (χ1n) is 4.00. The van der Waals surface area contributed by atoms with E-state index in [4.69, 9.17) is 4.84 Å². The second-order valence-corrected chi connectivity index (χ2v) is 2.97. The van der Waals surface area contributed by atoms with Crippen molar-refractivity contribution in [2.45, 2.75) is 46.7 Å². The van der Waals surface area contributed by atoms with E-state index in [1.165, 1.54) is 0 Å². The second kappa shape index (κ2) is 4.69. The molecule has 2 heteroatoms. The van der Waals surface area contributed by atoms with Gasteiger partial charge < -0.3 is 0 Å². The summed E-state index contributed by atoms with van der Waals surface area (Å²) in [6, 6.07) is 0.944. The average Bonchev–Trinajstić information content (AvgIpc) is 1.81. The maximum absolute atomic E-state index is 5.40. The lowest BCUT2D eigenvalue weighted by Crippen LogP contribution is -2.42. The summed E-state index contributed by atoms with van der Waals surface area (Å²) in [7, 11) is 0. The minimum atomic E-state index is 0.472. The second-order valence-electron chi connectivity index (χ2n) is 2.97. The van der Waals surface area contributed by atoms with Gasteiger partial charge in [-0.1, -0.05) is 0 Å². The topological polar surface area (TPSA) is 15.1 Å². The van der Waals surface area contributed by atoms with Crippen LogP contribution in [0.4, 0.5) is 0 Å². The van der Waals surface area contributed by atoms with Crippen LogP contribution in [0.2, 0.25) is 0 Å². The van der Waals surface area contributed by atoms with Gasteiger partial charge in [0.1, 0.15) is 6.61 Å². The lowest BCUT2D eigenvalue weighted by atomic mass is 10.3. The zero-order valence-electron chi connectivity index (χ0n) is 7.72. The van der Waals surface area contributed by atoms with Gasteiger partial charge in [-0.2, -0.15) is 0 Å². The van der Waals surface area contributed by atoms with E-state index in [-0.39, 0.29) is 0 Å². The molecule has 0 aromatic heterocycles. The van der Waals surface area contributed by atoms with Crippen molar-refractivity contribution in [2.24, 2.45) is 0 Å². The van der Waals surface area contributed by atoms with Crippen LogP contribution in [-0.2, 0) is 4.84 Å². The number of hydrogen-bond acceptors (Lipinski definition) is 2. The molecule has 0 aliphatic rings. The zero-order valence-corrected chi connectivity index (χ0v) is 7.72. The lowest BCUT2D eigenvalue weighted by molar-refractivity contribution is -0.104. The average molecular weight is 145 g/mol. The van der Waals surface area contributed by atoms with Crippen LogP contribution < -0.4 is 5.06 Å². The lowest BCUT2D eigenvalue weighted by Gasteiger charge is -2.15. The Morgan fingerprint density at radius 1 is 1.10 bits per heavy atom. The van der Waals surface area contributed by atoms with Crippen LogP contribution in [-0.4, -0.2) is 18.7 Å². The molecule has 0 bridgehead atoms. The van der Waals surface area contributed by atoms with Gasteiger partial charge in [-0.15, -0.1) is 4.84 Å². The standard InChI is InChI=1S/C8H19NO/c1-6-10-9(7(2)3)8(4)5/h7-8H,6H2,1-5H3/q+1. The summed E-state index contributed by atoms with van der Waals surface area (Å²) < 4.78 is 0. The van der Waals surface area contributed by atoms with Crippen molar-refractivity contribution in [3.63, 3.8) is 0 Å². The van der Waals surface area contributed by atoms with Crippen molar-refractivity contribution in [3.05, 3.63) is 0 Å². The summed E-state index contributed by atoms with van der Waals surface area (Å²) in [6.45, 7) is 11.3. The molecule has 0 spiro atoms. The summed E-state index contributed by atoms with van der Waals surface area (Å²) in [6.07, 6.45) is 0. The third kappa shape index (κ3) is 3.18.